The Balaban J connectivity index is 2.46. The van der Waals surface area contributed by atoms with Crippen molar-refractivity contribution in [3.8, 4) is 0 Å². The Labute approximate surface area is 119 Å². The Morgan fingerprint density at radius 1 is 1.25 bits per heavy atom. The number of carbonyl (C=O) groups excluding carboxylic acids is 2. The molecule has 0 radical (unpaired) electrons. The fourth-order valence-electron chi connectivity index (χ4n) is 3.13. The lowest BCUT2D eigenvalue weighted by Gasteiger charge is -2.13. The molecule has 0 fully saturated rings. The van der Waals surface area contributed by atoms with Gasteiger partial charge in [0.05, 0.1) is 5.57 Å². The van der Waals surface area contributed by atoms with E-state index in [2.05, 4.69) is 0 Å². The molecule has 0 spiro atoms. The Morgan fingerprint density at radius 2 is 1.80 bits per heavy atom. The number of carbonyl (C=O) groups is 2. The minimum absolute atomic E-state index is 0.0187. The van der Waals surface area contributed by atoms with Gasteiger partial charge in [-0.1, -0.05) is 17.7 Å². The molecule has 0 saturated heterocycles. The first kappa shape index (κ1) is 14.5. The lowest BCUT2D eigenvalue weighted by Crippen LogP contribution is -2.14. The van der Waals surface area contributed by atoms with Gasteiger partial charge < -0.3 is 9.90 Å². The van der Waals surface area contributed by atoms with Gasteiger partial charge in [-0.05, 0) is 44.4 Å². The highest BCUT2D eigenvalue weighted by atomic mass is 16.3. The molecular weight excluding hydrogens is 252 g/mol. The van der Waals surface area contributed by atoms with Crippen LogP contribution in [0.1, 0.15) is 42.0 Å². The van der Waals surface area contributed by atoms with E-state index in [0.717, 1.165) is 22.3 Å². The molecule has 1 unspecified atom stereocenters. The van der Waals surface area contributed by atoms with Crippen LogP contribution < -0.4 is 0 Å². The van der Waals surface area contributed by atoms with Crippen molar-refractivity contribution >= 4 is 17.1 Å². The zero-order valence-electron chi connectivity index (χ0n) is 12.4. The van der Waals surface area contributed by atoms with E-state index in [9.17, 15) is 14.7 Å². The monoisotopic (exact) mass is 272 g/mol. The second kappa shape index (κ2) is 5.23. The minimum atomic E-state index is -0.400. The number of Topliss-reactive ketones (excluding diaryl/α,β-unsaturated/α-hetero) is 2. The third-order valence-electron chi connectivity index (χ3n) is 3.81. The molecule has 1 aromatic carbocycles. The van der Waals surface area contributed by atoms with Crippen molar-refractivity contribution < 1.29 is 14.7 Å². The quantitative estimate of drug-likeness (QED) is 0.917. The highest BCUT2D eigenvalue weighted by Gasteiger charge is 2.35. The normalized spacial score (nSPS) is 18.8. The first-order chi connectivity index (χ1) is 9.31. The highest BCUT2D eigenvalue weighted by molar-refractivity contribution is 6.25. The van der Waals surface area contributed by atoms with Gasteiger partial charge in [-0.15, -0.1) is 0 Å². The molecule has 106 valence electrons. The van der Waals surface area contributed by atoms with Crippen LogP contribution in [0.15, 0.2) is 17.9 Å². The van der Waals surface area contributed by atoms with Crippen LogP contribution in [-0.2, 0) is 9.59 Å². The van der Waals surface area contributed by atoms with Gasteiger partial charge in [0.15, 0.2) is 5.78 Å². The lowest BCUT2D eigenvalue weighted by molar-refractivity contribution is -0.123. The molecule has 1 aliphatic carbocycles. The first-order valence-electron chi connectivity index (χ1n) is 6.85. The summed E-state index contributed by atoms with van der Waals surface area (Å²) in [5.74, 6) is -0.401. The van der Waals surface area contributed by atoms with E-state index in [4.69, 9.17) is 0 Å². The van der Waals surface area contributed by atoms with E-state index in [1.165, 1.54) is 6.92 Å². The maximum Gasteiger partial charge on any atom is 0.170 e. The second-order valence-corrected chi connectivity index (χ2v) is 5.77. The maximum atomic E-state index is 12.5. The topological polar surface area (TPSA) is 54.4 Å². The van der Waals surface area contributed by atoms with Crippen molar-refractivity contribution in [2.45, 2.75) is 40.5 Å². The maximum absolute atomic E-state index is 12.5. The number of aliphatic hydroxyl groups excluding tert-OH is 1. The fraction of sp³-hybridized carbons (Fsp3) is 0.412. The van der Waals surface area contributed by atoms with Gasteiger partial charge in [0.1, 0.15) is 11.5 Å². The average Bonchev–Trinajstić information content (AvgIpc) is 2.54. The molecule has 0 amide bonds. The van der Waals surface area contributed by atoms with Gasteiger partial charge in [0.2, 0.25) is 0 Å². The SMILES string of the molecule is CC(=O)CC1CC(O)=C(c2c(C)cc(C)cc2C)C1=O. The highest BCUT2D eigenvalue weighted by Crippen LogP contribution is 2.38. The standard InChI is InChI=1S/C17H20O3/c1-9-5-10(2)15(11(3)6-9)16-14(19)8-13(17(16)20)7-12(4)18/h5-6,13,19H,7-8H2,1-4H3. The number of hydrogen-bond donors (Lipinski definition) is 1. The molecular formula is C17H20O3. The van der Waals surface area contributed by atoms with E-state index in [1.807, 2.05) is 32.9 Å². The van der Waals surface area contributed by atoms with Crippen molar-refractivity contribution in [2.75, 3.05) is 0 Å². The third-order valence-corrected chi connectivity index (χ3v) is 3.81. The largest absolute Gasteiger partial charge is 0.512 e. The molecule has 0 saturated carbocycles. The van der Waals surface area contributed by atoms with Crippen LogP contribution in [0.2, 0.25) is 0 Å². The fourth-order valence-corrected chi connectivity index (χ4v) is 3.13. The Hall–Kier alpha value is -1.90. The van der Waals surface area contributed by atoms with E-state index in [1.54, 1.807) is 0 Å². The summed E-state index contributed by atoms with van der Waals surface area (Å²) in [5.41, 5.74) is 4.34. The molecule has 2 rings (SSSR count). The van der Waals surface area contributed by atoms with Crippen molar-refractivity contribution in [3.05, 3.63) is 40.1 Å². The Kier molecular flexibility index (Phi) is 3.80. The molecule has 1 atom stereocenters. The average molecular weight is 272 g/mol. The van der Waals surface area contributed by atoms with Crippen LogP contribution in [-0.4, -0.2) is 16.7 Å². The molecule has 0 bridgehead atoms. The number of aliphatic hydroxyl groups is 1. The molecule has 1 aromatic rings. The van der Waals surface area contributed by atoms with E-state index in [0.29, 0.717) is 5.57 Å². The van der Waals surface area contributed by atoms with Crippen LogP contribution in [0.3, 0.4) is 0 Å². The van der Waals surface area contributed by atoms with E-state index >= 15 is 0 Å². The number of allylic oxidation sites excluding steroid dienone is 2. The van der Waals surface area contributed by atoms with Crippen molar-refractivity contribution in [1.82, 2.24) is 0 Å². The smallest absolute Gasteiger partial charge is 0.170 e. The summed E-state index contributed by atoms with van der Waals surface area (Å²) < 4.78 is 0. The summed E-state index contributed by atoms with van der Waals surface area (Å²) in [7, 11) is 0. The van der Waals surface area contributed by atoms with Gasteiger partial charge in [0, 0.05) is 18.8 Å². The molecule has 0 heterocycles. The van der Waals surface area contributed by atoms with Crippen molar-refractivity contribution in [1.29, 1.82) is 0 Å². The zero-order valence-corrected chi connectivity index (χ0v) is 12.4. The number of ketones is 2. The molecule has 3 heteroatoms. The van der Waals surface area contributed by atoms with Crippen molar-refractivity contribution in [3.63, 3.8) is 0 Å². The summed E-state index contributed by atoms with van der Waals surface area (Å²) >= 11 is 0. The number of rotatable bonds is 3. The summed E-state index contributed by atoms with van der Waals surface area (Å²) in [5, 5.41) is 10.2. The van der Waals surface area contributed by atoms with Crippen molar-refractivity contribution in [2.24, 2.45) is 5.92 Å². The first-order valence-corrected chi connectivity index (χ1v) is 6.85. The van der Waals surface area contributed by atoms with E-state index < -0.39 is 5.92 Å². The Bertz CT molecular complexity index is 600. The minimum Gasteiger partial charge on any atom is -0.512 e. The predicted octanol–water partition coefficient (Wildman–Crippen LogP) is 3.45. The van der Waals surface area contributed by atoms with Gasteiger partial charge >= 0.3 is 0 Å². The van der Waals surface area contributed by atoms with E-state index in [-0.39, 0.29) is 30.2 Å². The van der Waals surface area contributed by atoms with Crippen LogP contribution >= 0.6 is 0 Å². The van der Waals surface area contributed by atoms with Gasteiger partial charge in [-0.3, -0.25) is 4.79 Å². The summed E-state index contributed by atoms with van der Waals surface area (Å²) in [6.07, 6.45) is 0.483. The molecule has 3 nitrogen and oxygen atoms in total. The molecule has 0 aromatic heterocycles. The van der Waals surface area contributed by atoms with Crippen LogP contribution in [0.5, 0.6) is 0 Å². The lowest BCUT2D eigenvalue weighted by atomic mass is 9.90. The van der Waals surface area contributed by atoms with Gasteiger partial charge in [-0.2, -0.15) is 0 Å². The van der Waals surface area contributed by atoms with Crippen LogP contribution in [0.4, 0.5) is 0 Å². The second-order valence-electron chi connectivity index (χ2n) is 5.77. The van der Waals surface area contributed by atoms with Gasteiger partial charge in [0.25, 0.3) is 0 Å². The number of aryl methyl sites for hydroxylation is 3. The third kappa shape index (κ3) is 2.53. The predicted molar refractivity (Wildman–Crippen MR) is 78.6 cm³/mol. The van der Waals surface area contributed by atoms with Crippen LogP contribution in [0, 0.1) is 26.7 Å². The van der Waals surface area contributed by atoms with Crippen LogP contribution in [0.25, 0.3) is 5.57 Å². The zero-order chi connectivity index (χ0) is 15.0. The number of hydrogen-bond acceptors (Lipinski definition) is 3. The summed E-state index contributed by atoms with van der Waals surface area (Å²) in [4.78, 5) is 23.7. The molecule has 0 aliphatic heterocycles. The van der Waals surface area contributed by atoms with Gasteiger partial charge in [-0.25, -0.2) is 0 Å². The summed E-state index contributed by atoms with van der Waals surface area (Å²) in [6, 6.07) is 4.02. The molecule has 1 aliphatic rings. The number of benzene rings is 1. The Morgan fingerprint density at radius 3 is 2.30 bits per heavy atom. The molecule has 1 N–H and O–H groups in total. The summed E-state index contributed by atoms with van der Waals surface area (Å²) in [6.45, 7) is 7.38. The molecule has 20 heavy (non-hydrogen) atoms.